The van der Waals surface area contributed by atoms with E-state index in [0.717, 1.165) is 27.8 Å². The van der Waals surface area contributed by atoms with Gasteiger partial charge in [-0.25, -0.2) is 4.79 Å². The molecule has 1 aliphatic rings. The maximum Gasteiger partial charge on any atom is 0.336 e. The Kier molecular flexibility index (Phi) is 2.64. The second-order valence-electron chi connectivity index (χ2n) is 4.90. The number of aliphatic hydroxyl groups is 1. The maximum absolute atomic E-state index is 11.4. The highest BCUT2D eigenvalue weighted by Gasteiger charge is 2.31. The van der Waals surface area contributed by atoms with Crippen LogP contribution < -0.4 is 0 Å². The Morgan fingerprint density at radius 3 is 2.68 bits per heavy atom. The summed E-state index contributed by atoms with van der Waals surface area (Å²) in [7, 11) is 0. The van der Waals surface area contributed by atoms with Crippen molar-refractivity contribution in [1.82, 2.24) is 0 Å². The highest BCUT2D eigenvalue weighted by atomic mass is 16.4. The summed E-state index contributed by atoms with van der Waals surface area (Å²) < 4.78 is 0. The minimum atomic E-state index is -0.929. The first-order valence-corrected chi connectivity index (χ1v) is 6.21. The zero-order valence-electron chi connectivity index (χ0n) is 10.6. The molecule has 2 N–H and O–H groups in total. The van der Waals surface area contributed by atoms with Gasteiger partial charge in [0, 0.05) is 11.5 Å². The molecule has 2 aromatic carbocycles. The van der Waals surface area contributed by atoms with Gasteiger partial charge < -0.3 is 10.2 Å². The van der Waals surface area contributed by atoms with Crippen molar-refractivity contribution < 1.29 is 15.0 Å². The van der Waals surface area contributed by atoms with E-state index >= 15 is 0 Å². The molecule has 3 nitrogen and oxygen atoms in total. The first-order chi connectivity index (χ1) is 9.13. The molecule has 0 aliphatic heterocycles. The first kappa shape index (κ1) is 11.9. The molecule has 0 fully saturated rings. The zero-order valence-corrected chi connectivity index (χ0v) is 10.6. The molecule has 2 aromatic rings. The fourth-order valence-corrected chi connectivity index (χ4v) is 2.90. The van der Waals surface area contributed by atoms with E-state index in [1.54, 1.807) is 12.1 Å². The molecule has 3 heteroatoms. The molecule has 96 valence electrons. The Morgan fingerprint density at radius 2 is 2.00 bits per heavy atom. The van der Waals surface area contributed by atoms with E-state index in [4.69, 9.17) is 0 Å². The Morgan fingerprint density at radius 1 is 1.21 bits per heavy atom. The van der Waals surface area contributed by atoms with E-state index < -0.39 is 5.97 Å². The molecule has 0 radical (unpaired) electrons. The fourth-order valence-electron chi connectivity index (χ4n) is 2.90. The van der Waals surface area contributed by atoms with E-state index in [1.165, 1.54) is 0 Å². The second kappa shape index (κ2) is 4.21. The molecule has 0 aromatic heterocycles. The number of aliphatic hydroxyl groups excluding tert-OH is 1. The van der Waals surface area contributed by atoms with E-state index in [0.29, 0.717) is 5.56 Å². The van der Waals surface area contributed by atoms with Crippen LogP contribution in [0, 0.1) is 6.92 Å². The normalized spacial score (nSPS) is 16.0. The van der Waals surface area contributed by atoms with Gasteiger partial charge >= 0.3 is 5.97 Å². The SMILES string of the molecule is Cc1ccc2c(c1)C(CO)c1cccc(C(=O)O)c1-2. The third-order valence-corrected chi connectivity index (χ3v) is 3.74. The molecular weight excluding hydrogens is 240 g/mol. The minimum Gasteiger partial charge on any atom is -0.478 e. The van der Waals surface area contributed by atoms with Gasteiger partial charge in [0.05, 0.1) is 12.2 Å². The van der Waals surface area contributed by atoms with Crippen LogP contribution in [0.2, 0.25) is 0 Å². The number of hydrogen-bond acceptors (Lipinski definition) is 2. The van der Waals surface area contributed by atoms with Crippen molar-refractivity contribution in [3.8, 4) is 11.1 Å². The highest BCUT2D eigenvalue weighted by Crippen LogP contribution is 2.46. The molecule has 1 unspecified atom stereocenters. The average molecular weight is 254 g/mol. The predicted octanol–water partition coefficient (Wildman–Crippen LogP) is 2.80. The van der Waals surface area contributed by atoms with Gasteiger partial charge in [0.25, 0.3) is 0 Å². The van der Waals surface area contributed by atoms with Gasteiger partial charge in [-0.05, 0) is 29.7 Å². The standard InChI is InChI=1S/C16H14O3/c1-9-5-6-11-13(7-9)14(8-17)10-3-2-4-12(15(10)11)16(18)19/h2-7,14,17H,8H2,1H3,(H,18,19). The van der Waals surface area contributed by atoms with Gasteiger partial charge in [0.2, 0.25) is 0 Å². The van der Waals surface area contributed by atoms with Crippen LogP contribution in [0.1, 0.15) is 33.0 Å². The Balaban J connectivity index is 2.35. The van der Waals surface area contributed by atoms with Crippen LogP contribution in [-0.2, 0) is 0 Å². The highest BCUT2D eigenvalue weighted by molar-refractivity contribution is 5.99. The Bertz CT molecular complexity index is 674. The number of rotatable bonds is 2. The summed E-state index contributed by atoms with van der Waals surface area (Å²) in [6, 6.07) is 11.2. The largest absolute Gasteiger partial charge is 0.478 e. The van der Waals surface area contributed by atoms with Crippen molar-refractivity contribution in [3.05, 3.63) is 58.7 Å². The lowest BCUT2D eigenvalue weighted by atomic mass is 9.96. The van der Waals surface area contributed by atoms with Gasteiger partial charge in [-0.2, -0.15) is 0 Å². The molecule has 0 spiro atoms. The summed E-state index contributed by atoms with van der Waals surface area (Å²) in [5.74, 6) is -1.05. The topological polar surface area (TPSA) is 57.5 Å². The van der Waals surface area contributed by atoms with Crippen LogP contribution in [0.4, 0.5) is 0 Å². The zero-order chi connectivity index (χ0) is 13.6. The third kappa shape index (κ3) is 1.66. The summed E-state index contributed by atoms with van der Waals surface area (Å²) in [6.45, 7) is 1.99. The molecular formula is C16H14O3. The molecule has 19 heavy (non-hydrogen) atoms. The molecule has 3 rings (SSSR count). The number of carbonyl (C=O) groups is 1. The lowest BCUT2D eigenvalue weighted by Crippen LogP contribution is -2.03. The van der Waals surface area contributed by atoms with Crippen LogP contribution >= 0.6 is 0 Å². The molecule has 0 amide bonds. The molecule has 0 saturated carbocycles. The predicted molar refractivity (Wildman–Crippen MR) is 72.5 cm³/mol. The molecule has 1 aliphatic carbocycles. The van der Waals surface area contributed by atoms with Crippen molar-refractivity contribution >= 4 is 5.97 Å². The molecule has 0 saturated heterocycles. The monoisotopic (exact) mass is 254 g/mol. The van der Waals surface area contributed by atoms with E-state index in [1.807, 2.05) is 31.2 Å². The van der Waals surface area contributed by atoms with Gasteiger partial charge in [-0.1, -0.05) is 35.9 Å². The summed E-state index contributed by atoms with van der Waals surface area (Å²) in [5.41, 5.74) is 5.02. The number of aryl methyl sites for hydroxylation is 1. The maximum atomic E-state index is 11.4. The summed E-state index contributed by atoms with van der Waals surface area (Å²) in [6.07, 6.45) is 0. The van der Waals surface area contributed by atoms with Crippen LogP contribution in [0.25, 0.3) is 11.1 Å². The van der Waals surface area contributed by atoms with Crippen molar-refractivity contribution in [3.63, 3.8) is 0 Å². The summed E-state index contributed by atoms with van der Waals surface area (Å²) in [4.78, 5) is 11.4. The average Bonchev–Trinajstić information content (AvgIpc) is 2.70. The fraction of sp³-hybridized carbons (Fsp3) is 0.188. The lowest BCUT2D eigenvalue weighted by Gasteiger charge is -2.10. The summed E-state index contributed by atoms with van der Waals surface area (Å²) >= 11 is 0. The molecule has 1 atom stereocenters. The first-order valence-electron chi connectivity index (χ1n) is 6.21. The number of carboxylic acids is 1. The Labute approximate surface area is 111 Å². The van der Waals surface area contributed by atoms with Gasteiger partial charge in [-0.15, -0.1) is 0 Å². The summed E-state index contributed by atoms with van der Waals surface area (Å²) in [5, 5.41) is 19.0. The van der Waals surface area contributed by atoms with Gasteiger partial charge in [0.15, 0.2) is 0 Å². The quantitative estimate of drug-likeness (QED) is 0.866. The van der Waals surface area contributed by atoms with E-state index in [2.05, 4.69) is 0 Å². The lowest BCUT2D eigenvalue weighted by molar-refractivity contribution is 0.0697. The number of benzene rings is 2. The number of carboxylic acid groups (broad SMARTS) is 1. The van der Waals surface area contributed by atoms with Crippen LogP contribution in [0.3, 0.4) is 0 Å². The van der Waals surface area contributed by atoms with Crippen LogP contribution in [-0.4, -0.2) is 22.8 Å². The minimum absolute atomic E-state index is 0.00741. The number of fused-ring (bicyclic) bond motifs is 3. The van der Waals surface area contributed by atoms with Crippen molar-refractivity contribution in [1.29, 1.82) is 0 Å². The van der Waals surface area contributed by atoms with Crippen LogP contribution in [0.15, 0.2) is 36.4 Å². The molecule has 0 heterocycles. The third-order valence-electron chi connectivity index (χ3n) is 3.74. The van der Waals surface area contributed by atoms with E-state index in [-0.39, 0.29) is 12.5 Å². The van der Waals surface area contributed by atoms with Crippen LogP contribution in [0.5, 0.6) is 0 Å². The number of aromatic carboxylic acids is 1. The Hall–Kier alpha value is -2.13. The molecule has 0 bridgehead atoms. The van der Waals surface area contributed by atoms with Crippen molar-refractivity contribution in [2.24, 2.45) is 0 Å². The smallest absolute Gasteiger partial charge is 0.336 e. The van der Waals surface area contributed by atoms with E-state index in [9.17, 15) is 15.0 Å². The van der Waals surface area contributed by atoms with Crippen molar-refractivity contribution in [2.75, 3.05) is 6.61 Å². The van der Waals surface area contributed by atoms with Crippen molar-refractivity contribution in [2.45, 2.75) is 12.8 Å². The number of hydrogen-bond donors (Lipinski definition) is 2. The second-order valence-corrected chi connectivity index (χ2v) is 4.90. The van der Waals surface area contributed by atoms with Gasteiger partial charge in [-0.3, -0.25) is 0 Å². The van der Waals surface area contributed by atoms with Gasteiger partial charge in [0.1, 0.15) is 0 Å².